The van der Waals surface area contributed by atoms with Gasteiger partial charge in [0.15, 0.2) is 5.69 Å². The van der Waals surface area contributed by atoms with Crippen LogP contribution in [0.15, 0.2) is 61.1 Å². The van der Waals surface area contributed by atoms with Crippen molar-refractivity contribution in [2.75, 3.05) is 19.6 Å². The number of carboxylic acids is 1. The standard InChI is InChI=1S/C22H25F3N2O.C5H6N2O2/c1-15-4-2-6-17(8-15)12-27-13-20-19(21(20)14-27)11-26-10-16-5-3-7-18(9-16)28-22(23,24)25;1-7-2-4(5(8)9)6-3-7/h2-9,19-21,26H,10-14H2,1H3;2-3H,1H3,(H,8,9). The molecule has 2 atom stereocenters. The molecule has 5 rings (SSSR count). The van der Waals surface area contributed by atoms with Gasteiger partial charge in [-0.25, -0.2) is 9.78 Å². The third-order valence-electron chi connectivity index (χ3n) is 6.70. The van der Waals surface area contributed by atoms with Gasteiger partial charge in [-0.05, 0) is 54.5 Å². The van der Waals surface area contributed by atoms with Crippen LogP contribution in [0.3, 0.4) is 0 Å². The van der Waals surface area contributed by atoms with Crippen LogP contribution >= 0.6 is 0 Å². The van der Waals surface area contributed by atoms with Crippen LogP contribution in [-0.2, 0) is 20.1 Å². The number of nitrogens with zero attached hydrogens (tertiary/aromatic N) is 3. The molecular weight excluding hydrogens is 485 g/mol. The minimum absolute atomic E-state index is 0.0810. The van der Waals surface area contributed by atoms with Crippen LogP contribution in [0.2, 0.25) is 0 Å². The molecule has 1 aromatic heterocycles. The van der Waals surface area contributed by atoms with Gasteiger partial charge in [0.05, 0.1) is 6.33 Å². The summed E-state index contributed by atoms with van der Waals surface area (Å²) < 4.78 is 42.5. The minimum Gasteiger partial charge on any atom is -0.476 e. The number of ether oxygens (including phenoxy) is 1. The number of hydrogen-bond acceptors (Lipinski definition) is 5. The van der Waals surface area contributed by atoms with E-state index in [-0.39, 0.29) is 11.4 Å². The number of piperidine rings is 1. The highest BCUT2D eigenvalue weighted by Crippen LogP contribution is 2.51. The summed E-state index contributed by atoms with van der Waals surface area (Å²) in [5.41, 5.74) is 3.55. The highest BCUT2D eigenvalue weighted by Gasteiger charge is 2.54. The lowest BCUT2D eigenvalue weighted by molar-refractivity contribution is -0.274. The Morgan fingerprint density at radius 2 is 1.84 bits per heavy atom. The number of rotatable bonds is 8. The molecule has 2 unspecified atom stereocenters. The Labute approximate surface area is 213 Å². The van der Waals surface area contributed by atoms with Crippen LogP contribution in [-0.4, -0.2) is 51.5 Å². The molecule has 1 saturated heterocycles. The maximum Gasteiger partial charge on any atom is 0.573 e. The molecule has 2 N–H and O–H groups in total. The number of alkyl halides is 3. The summed E-state index contributed by atoms with van der Waals surface area (Å²) in [4.78, 5) is 16.2. The van der Waals surface area contributed by atoms with Gasteiger partial charge in [-0.2, -0.15) is 0 Å². The number of benzene rings is 2. The molecule has 0 radical (unpaired) electrons. The van der Waals surface area contributed by atoms with E-state index in [4.69, 9.17) is 5.11 Å². The van der Waals surface area contributed by atoms with Gasteiger partial charge in [-0.3, -0.25) is 4.90 Å². The average Bonchev–Trinajstić information content (AvgIpc) is 3.13. The lowest BCUT2D eigenvalue weighted by Gasteiger charge is -2.20. The van der Waals surface area contributed by atoms with E-state index in [1.165, 1.54) is 35.8 Å². The van der Waals surface area contributed by atoms with Gasteiger partial charge in [0.1, 0.15) is 5.75 Å². The van der Waals surface area contributed by atoms with Crippen LogP contribution in [0.1, 0.15) is 27.2 Å². The molecule has 7 nitrogen and oxygen atoms in total. The zero-order valence-corrected chi connectivity index (χ0v) is 20.8. The van der Waals surface area contributed by atoms with Gasteiger partial charge in [-0.15, -0.1) is 13.2 Å². The molecule has 2 heterocycles. The third-order valence-corrected chi connectivity index (χ3v) is 6.70. The Kier molecular flexibility index (Phi) is 8.19. The van der Waals surface area contributed by atoms with Gasteiger partial charge in [0.2, 0.25) is 0 Å². The zero-order valence-electron chi connectivity index (χ0n) is 20.8. The van der Waals surface area contributed by atoms with Crippen molar-refractivity contribution in [3.63, 3.8) is 0 Å². The summed E-state index contributed by atoms with van der Waals surface area (Å²) >= 11 is 0. The van der Waals surface area contributed by atoms with Crippen molar-refractivity contribution in [1.29, 1.82) is 0 Å². The lowest BCUT2D eigenvalue weighted by atomic mass is 10.1. The first kappa shape index (κ1) is 26.7. The van der Waals surface area contributed by atoms with Crippen molar-refractivity contribution < 1.29 is 27.8 Å². The zero-order chi connectivity index (χ0) is 26.6. The maximum absolute atomic E-state index is 12.3. The number of carboxylic acid groups (broad SMARTS) is 1. The Morgan fingerprint density at radius 1 is 1.14 bits per heavy atom. The lowest BCUT2D eigenvalue weighted by Crippen LogP contribution is -2.27. The molecule has 198 valence electrons. The van der Waals surface area contributed by atoms with Crippen LogP contribution in [0.4, 0.5) is 13.2 Å². The molecule has 37 heavy (non-hydrogen) atoms. The highest BCUT2D eigenvalue weighted by molar-refractivity contribution is 5.84. The number of aromatic carboxylic acids is 1. The van der Waals surface area contributed by atoms with E-state index in [1.54, 1.807) is 17.7 Å². The molecule has 1 aliphatic carbocycles. The number of likely N-dealkylation sites (tertiary alicyclic amines) is 1. The average molecular weight is 517 g/mol. The van der Waals surface area contributed by atoms with Crippen molar-refractivity contribution in [3.05, 3.63) is 83.4 Å². The fourth-order valence-corrected chi connectivity index (χ4v) is 5.00. The van der Waals surface area contributed by atoms with Crippen LogP contribution < -0.4 is 10.1 Å². The fraction of sp³-hybridized carbons (Fsp3) is 0.407. The maximum atomic E-state index is 12.3. The van der Waals surface area contributed by atoms with E-state index in [0.717, 1.165) is 43.6 Å². The molecule has 2 aliphatic rings. The Balaban J connectivity index is 0.000000301. The van der Waals surface area contributed by atoms with E-state index in [1.807, 2.05) is 6.07 Å². The number of hydrogen-bond donors (Lipinski definition) is 2. The van der Waals surface area contributed by atoms with Gasteiger partial charge in [0, 0.05) is 39.4 Å². The Hall–Kier alpha value is -3.37. The van der Waals surface area contributed by atoms with Crippen LogP contribution in [0, 0.1) is 24.7 Å². The molecule has 3 aromatic rings. The predicted octanol–water partition coefficient (Wildman–Crippen LogP) is 4.48. The number of aryl methyl sites for hydroxylation is 2. The summed E-state index contributed by atoms with van der Waals surface area (Å²) in [7, 11) is 1.72. The fourth-order valence-electron chi connectivity index (χ4n) is 5.00. The second-order valence-corrected chi connectivity index (χ2v) is 9.73. The molecule has 0 amide bonds. The van der Waals surface area contributed by atoms with Crippen LogP contribution in [0.5, 0.6) is 5.75 Å². The smallest absolute Gasteiger partial charge is 0.476 e. The van der Waals surface area contributed by atoms with Gasteiger partial charge < -0.3 is 19.7 Å². The van der Waals surface area contributed by atoms with Crippen molar-refractivity contribution in [2.24, 2.45) is 24.8 Å². The SMILES string of the molecule is Cc1cccc(CN2CC3C(CNCc4cccc(OC(F)(F)F)c4)C3C2)c1.Cn1cnc(C(=O)O)c1. The molecule has 2 fully saturated rings. The van der Waals surface area contributed by atoms with E-state index < -0.39 is 12.3 Å². The van der Waals surface area contributed by atoms with Gasteiger partial charge in [0.25, 0.3) is 0 Å². The van der Waals surface area contributed by atoms with E-state index >= 15 is 0 Å². The van der Waals surface area contributed by atoms with Gasteiger partial charge >= 0.3 is 12.3 Å². The van der Waals surface area contributed by atoms with Crippen molar-refractivity contribution >= 4 is 5.97 Å². The summed E-state index contributed by atoms with van der Waals surface area (Å²) in [6, 6.07) is 14.8. The Bertz CT molecular complexity index is 1200. The van der Waals surface area contributed by atoms with Crippen molar-refractivity contribution in [1.82, 2.24) is 19.8 Å². The minimum atomic E-state index is -4.65. The third kappa shape index (κ3) is 7.80. The second-order valence-electron chi connectivity index (χ2n) is 9.73. The number of aromatic nitrogens is 2. The number of carbonyl (C=O) groups is 1. The molecule has 0 spiro atoms. The number of nitrogens with one attached hydrogen (secondary N) is 1. The number of fused-ring (bicyclic) bond motifs is 1. The van der Waals surface area contributed by atoms with E-state index in [9.17, 15) is 18.0 Å². The first-order chi connectivity index (χ1) is 17.6. The molecule has 1 saturated carbocycles. The summed E-state index contributed by atoms with van der Waals surface area (Å²) in [6.45, 7) is 6.88. The molecule has 10 heteroatoms. The number of halogens is 3. The predicted molar refractivity (Wildman–Crippen MR) is 132 cm³/mol. The quantitative estimate of drug-likeness (QED) is 0.460. The largest absolute Gasteiger partial charge is 0.573 e. The van der Waals surface area contributed by atoms with Gasteiger partial charge in [-0.1, -0.05) is 42.0 Å². The highest BCUT2D eigenvalue weighted by atomic mass is 19.4. The normalized spacial score (nSPS) is 20.6. The van der Waals surface area contributed by atoms with E-state index in [2.05, 4.69) is 51.1 Å². The monoisotopic (exact) mass is 516 g/mol. The molecule has 2 aromatic carbocycles. The summed E-state index contributed by atoms with van der Waals surface area (Å²) in [5, 5.41) is 11.7. The number of imidazole rings is 1. The van der Waals surface area contributed by atoms with Crippen molar-refractivity contribution in [2.45, 2.75) is 26.4 Å². The molecule has 0 bridgehead atoms. The summed E-state index contributed by atoms with van der Waals surface area (Å²) in [5.74, 6) is 1.02. The van der Waals surface area contributed by atoms with Crippen molar-refractivity contribution in [3.8, 4) is 5.75 Å². The van der Waals surface area contributed by atoms with Crippen LogP contribution in [0.25, 0.3) is 0 Å². The van der Waals surface area contributed by atoms with E-state index in [0.29, 0.717) is 12.5 Å². The first-order valence-electron chi connectivity index (χ1n) is 12.1. The Morgan fingerprint density at radius 3 is 2.43 bits per heavy atom. The first-order valence-corrected chi connectivity index (χ1v) is 12.1. The second kappa shape index (κ2) is 11.4. The molecular formula is C27H31F3N4O3. The molecule has 1 aliphatic heterocycles. The topological polar surface area (TPSA) is 79.6 Å². The summed E-state index contributed by atoms with van der Waals surface area (Å²) in [6.07, 6.45) is -1.76.